The first-order chi connectivity index (χ1) is 25.7. The molecule has 3 aromatic heterocycles. The van der Waals surface area contributed by atoms with E-state index in [0.29, 0.717) is 23.2 Å². The number of nitriles is 1. The number of benzene rings is 7. The maximum Gasteiger partial charge on any atom is 0.238 e. The van der Waals surface area contributed by atoms with Crippen LogP contribution in [0.1, 0.15) is 5.56 Å². The fraction of sp³-hybridized carbons (Fsp3) is 0. The Balaban J connectivity index is 1.18. The molecular formula is C46H28N6. The van der Waals surface area contributed by atoms with Gasteiger partial charge in [0.25, 0.3) is 0 Å². The van der Waals surface area contributed by atoms with E-state index in [1.54, 1.807) is 0 Å². The average Bonchev–Trinajstić information content (AvgIpc) is 3.73. The minimum Gasteiger partial charge on any atom is -0.309 e. The normalized spacial score (nSPS) is 11.4. The first kappa shape index (κ1) is 29.5. The SMILES string of the molecule is N#Cc1ccc2c(c1)c1cc(-c3cccc(-n4c5ccccc5c5ccccc54)c3)ccc1n2-c1nc(-c2ccccc2)nc(-c2ccccc2)n1. The molecule has 52 heavy (non-hydrogen) atoms. The van der Waals surface area contributed by atoms with E-state index in [-0.39, 0.29) is 0 Å². The second-order valence-electron chi connectivity index (χ2n) is 12.8. The van der Waals surface area contributed by atoms with Gasteiger partial charge in [-0.2, -0.15) is 15.2 Å². The molecule has 0 aliphatic rings. The summed E-state index contributed by atoms with van der Waals surface area (Å²) in [6.45, 7) is 0. The van der Waals surface area contributed by atoms with Gasteiger partial charge in [-0.25, -0.2) is 4.98 Å². The van der Waals surface area contributed by atoms with Crippen molar-refractivity contribution in [2.75, 3.05) is 0 Å². The Hall–Kier alpha value is -7.36. The van der Waals surface area contributed by atoms with Gasteiger partial charge < -0.3 is 4.57 Å². The second-order valence-corrected chi connectivity index (χ2v) is 12.8. The van der Waals surface area contributed by atoms with Gasteiger partial charge in [-0.15, -0.1) is 0 Å². The number of para-hydroxylation sites is 2. The molecule has 10 rings (SSSR count). The van der Waals surface area contributed by atoms with Crippen molar-refractivity contribution >= 4 is 43.6 Å². The van der Waals surface area contributed by atoms with Crippen molar-refractivity contribution < 1.29 is 0 Å². The molecule has 7 aromatic carbocycles. The van der Waals surface area contributed by atoms with Gasteiger partial charge in [-0.3, -0.25) is 4.57 Å². The Bertz CT molecular complexity index is 2910. The smallest absolute Gasteiger partial charge is 0.238 e. The molecular weight excluding hydrogens is 637 g/mol. The minimum atomic E-state index is 0.513. The number of fused-ring (bicyclic) bond motifs is 6. The molecule has 0 saturated heterocycles. The van der Waals surface area contributed by atoms with E-state index in [2.05, 4.69) is 106 Å². The van der Waals surface area contributed by atoms with Gasteiger partial charge in [0, 0.05) is 38.4 Å². The molecule has 6 nitrogen and oxygen atoms in total. The van der Waals surface area contributed by atoms with Crippen LogP contribution in [0.5, 0.6) is 0 Å². The summed E-state index contributed by atoms with van der Waals surface area (Å²) in [5.41, 5.74) is 9.86. The number of rotatable bonds is 5. The van der Waals surface area contributed by atoms with Crippen molar-refractivity contribution in [1.82, 2.24) is 24.1 Å². The lowest BCUT2D eigenvalue weighted by atomic mass is 10.0. The average molecular weight is 665 g/mol. The van der Waals surface area contributed by atoms with E-state index >= 15 is 0 Å². The number of hydrogen-bond donors (Lipinski definition) is 0. The zero-order chi connectivity index (χ0) is 34.6. The van der Waals surface area contributed by atoms with Crippen molar-refractivity contribution in [2.24, 2.45) is 0 Å². The molecule has 0 bridgehead atoms. The molecule has 0 amide bonds. The largest absolute Gasteiger partial charge is 0.309 e. The molecule has 0 radical (unpaired) electrons. The summed E-state index contributed by atoms with van der Waals surface area (Å²) in [6.07, 6.45) is 0. The van der Waals surface area contributed by atoms with Crippen molar-refractivity contribution in [1.29, 1.82) is 5.26 Å². The predicted molar refractivity (Wildman–Crippen MR) is 210 cm³/mol. The molecule has 3 heterocycles. The Morgan fingerprint density at radius 1 is 0.385 bits per heavy atom. The second kappa shape index (κ2) is 11.9. The van der Waals surface area contributed by atoms with Crippen LogP contribution in [-0.4, -0.2) is 24.1 Å². The lowest BCUT2D eigenvalue weighted by Crippen LogP contribution is -2.06. The van der Waals surface area contributed by atoms with Crippen LogP contribution in [-0.2, 0) is 0 Å². The fourth-order valence-corrected chi connectivity index (χ4v) is 7.41. The Morgan fingerprint density at radius 2 is 0.904 bits per heavy atom. The van der Waals surface area contributed by atoms with Gasteiger partial charge in [0.05, 0.1) is 33.7 Å². The number of hydrogen-bond acceptors (Lipinski definition) is 4. The Kier molecular flexibility index (Phi) is 6.76. The van der Waals surface area contributed by atoms with Crippen LogP contribution in [0.3, 0.4) is 0 Å². The van der Waals surface area contributed by atoms with Crippen LogP contribution in [0.2, 0.25) is 0 Å². The lowest BCUT2D eigenvalue weighted by Gasteiger charge is -2.12. The minimum absolute atomic E-state index is 0.513. The van der Waals surface area contributed by atoms with Gasteiger partial charge in [0.1, 0.15) is 0 Å². The van der Waals surface area contributed by atoms with Crippen LogP contribution in [0, 0.1) is 11.3 Å². The van der Waals surface area contributed by atoms with Crippen LogP contribution in [0.4, 0.5) is 0 Å². The van der Waals surface area contributed by atoms with Crippen molar-refractivity contribution in [3.8, 4) is 51.6 Å². The molecule has 0 aliphatic carbocycles. The van der Waals surface area contributed by atoms with Crippen molar-refractivity contribution in [3.05, 3.63) is 175 Å². The fourth-order valence-electron chi connectivity index (χ4n) is 7.41. The highest BCUT2D eigenvalue weighted by Gasteiger charge is 2.19. The molecule has 0 unspecified atom stereocenters. The van der Waals surface area contributed by atoms with E-state index < -0.39 is 0 Å². The number of aromatic nitrogens is 5. The third-order valence-corrected chi connectivity index (χ3v) is 9.80. The summed E-state index contributed by atoms with van der Waals surface area (Å²) < 4.78 is 4.43. The van der Waals surface area contributed by atoms with Gasteiger partial charge in [-0.05, 0) is 65.7 Å². The first-order valence-electron chi connectivity index (χ1n) is 17.2. The maximum absolute atomic E-state index is 9.93. The summed E-state index contributed by atoms with van der Waals surface area (Å²) in [5.74, 6) is 1.69. The third kappa shape index (κ3) is 4.76. The summed E-state index contributed by atoms with van der Waals surface area (Å²) in [7, 11) is 0. The summed E-state index contributed by atoms with van der Waals surface area (Å²) in [6, 6.07) is 60.5. The zero-order valence-electron chi connectivity index (χ0n) is 27.8. The molecule has 0 N–H and O–H groups in total. The summed E-state index contributed by atoms with van der Waals surface area (Å²) in [5, 5.41) is 14.4. The monoisotopic (exact) mass is 664 g/mol. The summed E-state index contributed by atoms with van der Waals surface area (Å²) >= 11 is 0. The highest BCUT2D eigenvalue weighted by atomic mass is 15.2. The number of nitrogens with zero attached hydrogens (tertiary/aromatic N) is 6. The Labute approximate surface area is 299 Å². The first-order valence-corrected chi connectivity index (χ1v) is 17.2. The maximum atomic E-state index is 9.93. The van der Waals surface area contributed by atoms with E-state index in [1.807, 2.05) is 78.9 Å². The van der Waals surface area contributed by atoms with Crippen LogP contribution < -0.4 is 0 Å². The van der Waals surface area contributed by atoms with Crippen LogP contribution in [0.15, 0.2) is 170 Å². The van der Waals surface area contributed by atoms with Gasteiger partial charge >= 0.3 is 0 Å². The quantitative estimate of drug-likeness (QED) is 0.184. The molecule has 0 aliphatic heterocycles. The Morgan fingerprint density at radius 3 is 1.54 bits per heavy atom. The molecule has 0 fully saturated rings. The standard InChI is InChI=1S/C46H28N6/c47-29-30-22-24-42-38(26-30)39-28-34(33-16-11-17-35(27-33)51-40-20-9-7-18-36(40)37-19-8-10-21-41(37)51)23-25-43(39)52(42)46-49-44(31-12-3-1-4-13-31)48-45(50-46)32-14-5-2-6-15-32/h1-28H. The zero-order valence-corrected chi connectivity index (χ0v) is 27.8. The van der Waals surface area contributed by atoms with Gasteiger partial charge in [0.2, 0.25) is 5.95 Å². The van der Waals surface area contributed by atoms with Crippen molar-refractivity contribution in [3.63, 3.8) is 0 Å². The van der Waals surface area contributed by atoms with Crippen molar-refractivity contribution in [2.45, 2.75) is 0 Å². The lowest BCUT2D eigenvalue weighted by molar-refractivity contribution is 0.953. The molecule has 0 saturated carbocycles. The van der Waals surface area contributed by atoms with Crippen LogP contribution in [0.25, 0.3) is 89.2 Å². The van der Waals surface area contributed by atoms with Gasteiger partial charge in [-0.1, -0.05) is 115 Å². The molecule has 10 aromatic rings. The van der Waals surface area contributed by atoms with E-state index in [9.17, 15) is 5.26 Å². The van der Waals surface area contributed by atoms with E-state index in [1.165, 1.54) is 21.8 Å². The van der Waals surface area contributed by atoms with E-state index in [0.717, 1.165) is 49.7 Å². The highest BCUT2D eigenvalue weighted by molar-refractivity contribution is 6.11. The predicted octanol–water partition coefficient (Wildman–Crippen LogP) is 10.9. The molecule has 0 atom stereocenters. The van der Waals surface area contributed by atoms with Gasteiger partial charge in [0.15, 0.2) is 11.6 Å². The molecule has 242 valence electrons. The topological polar surface area (TPSA) is 72.3 Å². The van der Waals surface area contributed by atoms with Crippen LogP contribution >= 0.6 is 0 Å². The molecule has 0 spiro atoms. The molecule has 6 heteroatoms. The summed E-state index contributed by atoms with van der Waals surface area (Å²) in [4.78, 5) is 15.0. The van der Waals surface area contributed by atoms with E-state index in [4.69, 9.17) is 15.0 Å². The third-order valence-electron chi connectivity index (χ3n) is 9.80. The highest BCUT2D eigenvalue weighted by Crippen LogP contribution is 2.37.